The Morgan fingerprint density at radius 3 is 2.33 bits per heavy atom. The Morgan fingerprint density at radius 2 is 1.71 bits per heavy atom. The van der Waals surface area contributed by atoms with Crippen molar-refractivity contribution < 1.29 is 4.79 Å². The lowest BCUT2D eigenvalue weighted by atomic mass is 10.1. The third-order valence-electron chi connectivity index (χ3n) is 3.52. The van der Waals surface area contributed by atoms with Crippen molar-refractivity contribution in [3.8, 4) is 0 Å². The molecule has 1 heterocycles. The predicted molar refractivity (Wildman–Crippen MR) is 100 cm³/mol. The van der Waals surface area contributed by atoms with Crippen LogP contribution in [0.4, 0.5) is 5.82 Å². The van der Waals surface area contributed by atoms with E-state index >= 15 is 0 Å². The Hall–Kier alpha value is -2.17. The molecule has 0 aliphatic carbocycles. The summed E-state index contributed by atoms with van der Waals surface area (Å²) in [5.41, 5.74) is 1.59. The van der Waals surface area contributed by atoms with Crippen LogP contribution in [-0.4, -0.2) is 10.9 Å². The molecule has 0 spiro atoms. The summed E-state index contributed by atoms with van der Waals surface area (Å²) in [6.45, 7) is 0.436. The first-order chi connectivity index (χ1) is 11.6. The van der Waals surface area contributed by atoms with Crippen LogP contribution >= 0.6 is 27.5 Å². The van der Waals surface area contributed by atoms with Crippen molar-refractivity contribution in [2.24, 2.45) is 0 Å². The van der Waals surface area contributed by atoms with Crippen molar-refractivity contribution in [2.75, 3.05) is 4.90 Å². The molecule has 120 valence electrons. The van der Waals surface area contributed by atoms with E-state index in [1.54, 1.807) is 35.4 Å². The number of amides is 1. The number of rotatable bonds is 4. The zero-order valence-corrected chi connectivity index (χ0v) is 15.0. The molecular weight excluding hydrogens is 388 g/mol. The summed E-state index contributed by atoms with van der Waals surface area (Å²) in [5.74, 6) is 0.494. The highest BCUT2D eigenvalue weighted by Crippen LogP contribution is 2.20. The molecule has 0 bridgehead atoms. The quantitative estimate of drug-likeness (QED) is 0.591. The number of benzene rings is 2. The minimum absolute atomic E-state index is 0.117. The van der Waals surface area contributed by atoms with E-state index in [0.717, 1.165) is 10.0 Å². The van der Waals surface area contributed by atoms with Crippen LogP contribution in [0.5, 0.6) is 0 Å². The van der Waals surface area contributed by atoms with Gasteiger partial charge in [0.25, 0.3) is 5.91 Å². The number of pyridine rings is 1. The van der Waals surface area contributed by atoms with Gasteiger partial charge in [-0.1, -0.05) is 45.7 Å². The second-order valence-electron chi connectivity index (χ2n) is 5.21. The first kappa shape index (κ1) is 16.7. The molecule has 0 N–H and O–H groups in total. The Balaban J connectivity index is 1.94. The Kier molecular flexibility index (Phi) is 5.28. The minimum atomic E-state index is -0.117. The van der Waals surface area contributed by atoms with Crippen molar-refractivity contribution in [2.45, 2.75) is 6.54 Å². The van der Waals surface area contributed by atoms with Crippen LogP contribution in [0.15, 0.2) is 77.4 Å². The summed E-state index contributed by atoms with van der Waals surface area (Å²) in [6, 6.07) is 20.3. The van der Waals surface area contributed by atoms with Gasteiger partial charge >= 0.3 is 0 Å². The van der Waals surface area contributed by atoms with E-state index in [1.165, 1.54) is 0 Å². The number of carbonyl (C=O) groups is 1. The average Bonchev–Trinajstić information content (AvgIpc) is 2.62. The largest absolute Gasteiger partial charge is 0.288 e. The summed E-state index contributed by atoms with van der Waals surface area (Å²) in [7, 11) is 0. The van der Waals surface area contributed by atoms with Crippen LogP contribution in [0.2, 0.25) is 5.02 Å². The number of hydrogen-bond donors (Lipinski definition) is 0. The first-order valence-corrected chi connectivity index (χ1v) is 8.53. The lowest BCUT2D eigenvalue weighted by Gasteiger charge is -2.22. The smallest absolute Gasteiger partial charge is 0.259 e. The standard InChI is InChI=1S/C19H14BrClN2O/c20-16-8-4-14(5-9-16)13-23(18-3-1-2-12-22-18)19(24)15-6-10-17(21)11-7-15/h1-12H,13H2. The van der Waals surface area contributed by atoms with Crippen molar-refractivity contribution in [3.63, 3.8) is 0 Å². The molecule has 3 nitrogen and oxygen atoms in total. The molecule has 0 fully saturated rings. The Bertz CT molecular complexity index is 820. The molecule has 3 aromatic rings. The van der Waals surface area contributed by atoms with Gasteiger partial charge in [0.15, 0.2) is 0 Å². The van der Waals surface area contributed by atoms with Crippen LogP contribution in [0.3, 0.4) is 0 Å². The lowest BCUT2D eigenvalue weighted by Crippen LogP contribution is -2.31. The van der Waals surface area contributed by atoms with Gasteiger partial charge < -0.3 is 0 Å². The molecular formula is C19H14BrClN2O. The van der Waals surface area contributed by atoms with Crippen molar-refractivity contribution in [3.05, 3.63) is 93.5 Å². The maximum atomic E-state index is 13.0. The highest BCUT2D eigenvalue weighted by molar-refractivity contribution is 9.10. The number of hydrogen-bond acceptors (Lipinski definition) is 2. The molecule has 0 aliphatic heterocycles. The molecule has 2 aromatic carbocycles. The maximum absolute atomic E-state index is 13.0. The number of aromatic nitrogens is 1. The third kappa shape index (κ3) is 4.02. The van der Waals surface area contributed by atoms with Gasteiger partial charge in [-0.05, 0) is 54.1 Å². The van der Waals surface area contributed by atoms with Crippen LogP contribution in [0, 0.1) is 0 Å². The van der Waals surface area contributed by atoms with E-state index in [-0.39, 0.29) is 5.91 Å². The summed E-state index contributed by atoms with van der Waals surface area (Å²) in [6.07, 6.45) is 1.68. The van der Waals surface area contributed by atoms with E-state index in [1.807, 2.05) is 42.5 Å². The van der Waals surface area contributed by atoms with Gasteiger partial charge in [0.05, 0.1) is 6.54 Å². The number of halogens is 2. The molecule has 24 heavy (non-hydrogen) atoms. The summed E-state index contributed by atoms with van der Waals surface area (Å²) in [4.78, 5) is 18.9. The van der Waals surface area contributed by atoms with Crippen LogP contribution in [0.1, 0.15) is 15.9 Å². The van der Waals surface area contributed by atoms with Gasteiger partial charge in [0, 0.05) is 21.3 Å². The van der Waals surface area contributed by atoms with Gasteiger partial charge in [-0.25, -0.2) is 4.98 Å². The first-order valence-electron chi connectivity index (χ1n) is 7.36. The van der Waals surface area contributed by atoms with Gasteiger partial charge in [-0.15, -0.1) is 0 Å². The van der Waals surface area contributed by atoms with Crippen molar-refractivity contribution >= 4 is 39.3 Å². The molecule has 5 heteroatoms. The topological polar surface area (TPSA) is 33.2 Å². The lowest BCUT2D eigenvalue weighted by molar-refractivity contribution is 0.0984. The molecule has 0 aliphatic rings. The zero-order valence-electron chi connectivity index (χ0n) is 12.7. The molecule has 1 amide bonds. The average molecular weight is 402 g/mol. The van der Waals surface area contributed by atoms with E-state index < -0.39 is 0 Å². The van der Waals surface area contributed by atoms with Crippen molar-refractivity contribution in [1.82, 2.24) is 4.98 Å². The highest BCUT2D eigenvalue weighted by Gasteiger charge is 2.19. The molecule has 0 saturated carbocycles. The van der Waals surface area contributed by atoms with Gasteiger partial charge in [0.1, 0.15) is 5.82 Å². The van der Waals surface area contributed by atoms with Crippen LogP contribution < -0.4 is 4.90 Å². The monoisotopic (exact) mass is 400 g/mol. The third-order valence-corrected chi connectivity index (χ3v) is 4.30. The van der Waals surface area contributed by atoms with E-state index in [0.29, 0.717) is 22.9 Å². The fraction of sp³-hybridized carbons (Fsp3) is 0.0526. The molecule has 0 saturated heterocycles. The molecule has 0 unspecified atom stereocenters. The maximum Gasteiger partial charge on any atom is 0.259 e. The fourth-order valence-corrected chi connectivity index (χ4v) is 2.68. The number of anilines is 1. The highest BCUT2D eigenvalue weighted by atomic mass is 79.9. The summed E-state index contributed by atoms with van der Waals surface area (Å²) < 4.78 is 1.000. The van der Waals surface area contributed by atoms with Crippen molar-refractivity contribution in [1.29, 1.82) is 0 Å². The Morgan fingerprint density at radius 1 is 1.00 bits per heavy atom. The molecule has 0 atom stereocenters. The number of carbonyl (C=O) groups excluding carboxylic acids is 1. The SMILES string of the molecule is O=C(c1ccc(Cl)cc1)N(Cc1ccc(Br)cc1)c1ccccn1. The van der Waals surface area contributed by atoms with E-state index in [2.05, 4.69) is 20.9 Å². The van der Waals surface area contributed by atoms with Crippen LogP contribution in [-0.2, 0) is 6.54 Å². The zero-order chi connectivity index (χ0) is 16.9. The van der Waals surface area contributed by atoms with Crippen LogP contribution in [0.25, 0.3) is 0 Å². The van der Waals surface area contributed by atoms with E-state index in [4.69, 9.17) is 11.6 Å². The van der Waals surface area contributed by atoms with Gasteiger partial charge in [-0.2, -0.15) is 0 Å². The Labute approximate surface area is 154 Å². The molecule has 3 rings (SSSR count). The summed E-state index contributed by atoms with van der Waals surface area (Å²) >= 11 is 9.34. The summed E-state index contributed by atoms with van der Waals surface area (Å²) in [5, 5.41) is 0.601. The normalized spacial score (nSPS) is 10.4. The number of nitrogens with zero attached hydrogens (tertiary/aromatic N) is 2. The molecule has 1 aromatic heterocycles. The second kappa shape index (κ2) is 7.60. The predicted octanol–water partition coefficient (Wildman–Crippen LogP) is 5.34. The fourth-order valence-electron chi connectivity index (χ4n) is 2.29. The van der Waals surface area contributed by atoms with Gasteiger partial charge in [0.2, 0.25) is 0 Å². The van der Waals surface area contributed by atoms with Gasteiger partial charge in [-0.3, -0.25) is 9.69 Å². The second-order valence-corrected chi connectivity index (χ2v) is 6.56. The molecule has 0 radical (unpaired) electrons. The van der Waals surface area contributed by atoms with E-state index in [9.17, 15) is 4.79 Å². The minimum Gasteiger partial charge on any atom is -0.288 e.